The van der Waals surface area contributed by atoms with Gasteiger partial charge in [-0.15, -0.1) is 0 Å². The summed E-state index contributed by atoms with van der Waals surface area (Å²) in [6, 6.07) is -0.0342. The lowest BCUT2D eigenvalue weighted by Gasteiger charge is -2.34. The monoisotopic (exact) mass is 348 g/mol. The molecule has 0 radical (unpaired) electrons. The lowest BCUT2D eigenvalue weighted by molar-refractivity contribution is -0.129. The van der Waals surface area contributed by atoms with Gasteiger partial charge >= 0.3 is 0 Å². The third-order valence-electron chi connectivity index (χ3n) is 4.28. The maximum Gasteiger partial charge on any atom is 0.251 e. The quantitative estimate of drug-likeness (QED) is 0.743. The first-order valence-corrected chi connectivity index (χ1v) is 10.8. The number of nitrogens with one attached hydrogen (secondary N) is 1. The van der Waals surface area contributed by atoms with Crippen LogP contribution in [0.1, 0.15) is 39.0 Å². The minimum Gasteiger partial charge on any atom is -0.350 e. The number of amides is 1. The number of hydrogen-bond donors (Lipinski definition) is 1. The molecular weight excluding hydrogens is 324 g/mol. The molecule has 1 aliphatic carbocycles. The van der Waals surface area contributed by atoms with Gasteiger partial charge in [-0.3, -0.25) is 13.9 Å². The van der Waals surface area contributed by atoms with Crippen molar-refractivity contribution in [1.29, 1.82) is 0 Å². The molecule has 1 saturated carbocycles. The fourth-order valence-electron chi connectivity index (χ4n) is 3.15. The summed E-state index contributed by atoms with van der Waals surface area (Å²) >= 11 is 7.11. The smallest absolute Gasteiger partial charge is 0.251 e. The predicted octanol–water partition coefficient (Wildman–Crippen LogP) is 1.90. The predicted molar refractivity (Wildman–Crippen MR) is 94.1 cm³/mol. The van der Waals surface area contributed by atoms with Crippen molar-refractivity contribution in [3.05, 3.63) is 0 Å². The van der Waals surface area contributed by atoms with Gasteiger partial charge in [0.15, 0.2) is 5.11 Å². The Morgan fingerprint density at radius 3 is 2.90 bits per heavy atom. The van der Waals surface area contributed by atoms with Gasteiger partial charge < -0.3 is 5.32 Å². The van der Waals surface area contributed by atoms with Gasteiger partial charge in [0.2, 0.25) is 0 Å². The van der Waals surface area contributed by atoms with Crippen LogP contribution in [-0.4, -0.2) is 55.2 Å². The van der Waals surface area contributed by atoms with Gasteiger partial charge in [0.1, 0.15) is 6.04 Å². The topological polar surface area (TPSA) is 49.4 Å². The maximum atomic E-state index is 12.6. The summed E-state index contributed by atoms with van der Waals surface area (Å²) in [6.07, 6.45) is 6.69. The van der Waals surface area contributed by atoms with Gasteiger partial charge in [-0.1, -0.05) is 13.3 Å². The molecule has 2 rings (SSSR count). The zero-order valence-electron chi connectivity index (χ0n) is 12.7. The Balaban J connectivity index is 2.01. The van der Waals surface area contributed by atoms with E-state index in [1.165, 1.54) is 0 Å². The van der Waals surface area contributed by atoms with Crippen LogP contribution in [0, 0.1) is 0 Å². The molecular formula is C14H24N2O2S3. The van der Waals surface area contributed by atoms with Crippen molar-refractivity contribution in [1.82, 2.24) is 10.2 Å². The highest BCUT2D eigenvalue weighted by Crippen LogP contribution is 2.29. The summed E-state index contributed by atoms with van der Waals surface area (Å²) in [6.45, 7) is 1.96. The summed E-state index contributed by atoms with van der Waals surface area (Å²) in [5, 5.41) is 3.95. The number of hydrogen-bond acceptors (Lipinski definition) is 4. The molecule has 0 aromatic carbocycles. The van der Waals surface area contributed by atoms with Gasteiger partial charge in [0.25, 0.3) is 5.91 Å². The first kappa shape index (κ1) is 17.2. The molecule has 4 atom stereocenters. The third kappa shape index (κ3) is 3.99. The van der Waals surface area contributed by atoms with Crippen LogP contribution in [0.2, 0.25) is 0 Å². The normalized spacial score (nSPS) is 31.3. The summed E-state index contributed by atoms with van der Waals surface area (Å²) in [4.78, 5) is 14.3. The molecule has 7 heteroatoms. The number of rotatable bonds is 6. The lowest BCUT2D eigenvalue weighted by atomic mass is 9.93. The zero-order valence-corrected chi connectivity index (χ0v) is 15.1. The van der Waals surface area contributed by atoms with Gasteiger partial charge in [0.05, 0.1) is 0 Å². The molecule has 1 heterocycles. The second-order valence-corrected chi connectivity index (χ2v) is 8.98. The van der Waals surface area contributed by atoms with Gasteiger partial charge in [-0.25, -0.2) is 0 Å². The van der Waals surface area contributed by atoms with Crippen molar-refractivity contribution in [3.63, 3.8) is 0 Å². The minimum atomic E-state index is -0.775. The van der Waals surface area contributed by atoms with Crippen LogP contribution in [-0.2, 0) is 15.6 Å². The van der Waals surface area contributed by atoms with E-state index in [0.29, 0.717) is 10.9 Å². The number of thioether (sulfide) groups is 1. The van der Waals surface area contributed by atoms with Crippen LogP contribution in [0.3, 0.4) is 0 Å². The second kappa shape index (κ2) is 7.92. The fraction of sp³-hybridized carbons (Fsp3) is 0.857. The standard InChI is InChI=1S/C14H24N2O2S3/c1-3-21(18)11-6-4-5-10(9-11)16-13(17)12(7-8-20-2)15-14(16)19/h10-12H,3-9H2,1-2H3,(H,15,19). The Morgan fingerprint density at radius 1 is 1.48 bits per heavy atom. The van der Waals surface area contributed by atoms with E-state index in [9.17, 15) is 9.00 Å². The van der Waals surface area contributed by atoms with Crippen molar-refractivity contribution >= 4 is 45.8 Å². The summed E-state index contributed by atoms with van der Waals surface area (Å²) < 4.78 is 12.1. The van der Waals surface area contributed by atoms with E-state index in [1.807, 2.05) is 13.2 Å². The second-order valence-electron chi connectivity index (χ2n) is 5.60. The molecule has 1 saturated heterocycles. The molecule has 4 nitrogen and oxygen atoms in total. The van der Waals surface area contributed by atoms with Gasteiger partial charge in [-0.05, 0) is 49.9 Å². The van der Waals surface area contributed by atoms with Crippen LogP contribution in [0.5, 0.6) is 0 Å². The summed E-state index contributed by atoms with van der Waals surface area (Å²) in [7, 11) is -0.775. The molecule has 1 aliphatic heterocycles. The fourth-order valence-corrected chi connectivity index (χ4v) is 5.35. The lowest BCUT2D eigenvalue weighted by Crippen LogP contribution is -2.45. The maximum absolute atomic E-state index is 12.6. The first-order valence-electron chi connectivity index (χ1n) is 7.58. The summed E-state index contributed by atoms with van der Waals surface area (Å²) in [5.74, 6) is 1.76. The highest BCUT2D eigenvalue weighted by molar-refractivity contribution is 7.98. The van der Waals surface area contributed by atoms with Crippen LogP contribution in [0.15, 0.2) is 0 Å². The van der Waals surface area contributed by atoms with Gasteiger partial charge in [0, 0.05) is 27.8 Å². The number of carbonyl (C=O) groups excluding carboxylic acids is 1. The molecule has 120 valence electrons. The average molecular weight is 349 g/mol. The van der Waals surface area contributed by atoms with E-state index in [1.54, 1.807) is 16.7 Å². The molecule has 21 heavy (non-hydrogen) atoms. The molecule has 4 unspecified atom stereocenters. The molecule has 0 aromatic rings. The average Bonchev–Trinajstić information content (AvgIpc) is 2.78. The van der Waals surface area contributed by atoms with E-state index in [2.05, 4.69) is 5.32 Å². The van der Waals surface area contributed by atoms with Crippen molar-refractivity contribution in [2.75, 3.05) is 17.8 Å². The highest BCUT2D eigenvalue weighted by atomic mass is 32.2. The van der Waals surface area contributed by atoms with E-state index >= 15 is 0 Å². The molecule has 0 bridgehead atoms. The van der Waals surface area contributed by atoms with Crippen LogP contribution in [0.25, 0.3) is 0 Å². The highest BCUT2D eigenvalue weighted by Gasteiger charge is 2.41. The Kier molecular flexibility index (Phi) is 6.50. The molecule has 2 aliphatic rings. The number of nitrogens with zero attached hydrogens (tertiary/aromatic N) is 1. The van der Waals surface area contributed by atoms with Crippen LogP contribution in [0.4, 0.5) is 0 Å². The van der Waals surface area contributed by atoms with E-state index in [4.69, 9.17) is 12.2 Å². The summed E-state index contributed by atoms with van der Waals surface area (Å²) in [5.41, 5.74) is 0. The van der Waals surface area contributed by atoms with E-state index in [0.717, 1.165) is 37.9 Å². The minimum absolute atomic E-state index is 0.113. The molecule has 0 spiro atoms. The Hall–Kier alpha value is -0.140. The molecule has 1 amide bonds. The Labute approximate surface area is 139 Å². The zero-order chi connectivity index (χ0) is 15.4. The molecule has 1 N–H and O–H groups in total. The molecule has 2 fully saturated rings. The van der Waals surface area contributed by atoms with E-state index in [-0.39, 0.29) is 23.2 Å². The van der Waals surface area contributed by atoms with Crippen LogP contribution < -0.4 is 5.32 Å². The van der Waals surface area contributed by atoms with Gasteiger partial charge in [-0.2, -0.15) is 11.8 Å². The van der Waals surface area contributed by atoms with E-state index < -0.39 is 10.8 Å². The number of thiocarbonyl (C=S) groups is 1. The number of carbonyl (C=O) groups is 1. The largest absolute Gasteiger partial charge is 0.350 e. The van der Waals surface area contributed by atoms with Crippen molar-refractivity contribution < 1.29 is 9.00 Å². The first-order chi connectivity index (χ1) is 10.1. The Morgan fingerprint density at radius 2 is 2.24 bits per heavy atom. The molecule has 0 aromatic heterocycles. The SMILES string of the molecule is CCS(=O)C1CCCC(N2C(=O)C(CCSC)NC2=S)C1. The third-order valence-corrected chi connectivity index (χ3v) is 6.98. The Bertz CT molecular complexity index is 430. The van der Waals surface area contributed by atoms with Crippen LogP contribution >= 0.6 is 24.0 Å². The van der Waals surface area contributed by atoms with Crippen molar-refractivity contribution in [3.8, 4) is 0 Å². The van der Waals surface area contributed by atoms with Crippen molar-refractivity contribution in [2.45, 2.75) is 56.4 Å². The van der Waals surface area contributed by atoms with Crippen molar-refractivity contribution in [2.24, 2.45) is 0 Å².